The van der Waals surface area contributed by atoms with E-state index >= 15 is 0 Å². The highest BCUT2D eigenvalue weighted by molar-refractivity contribution is 5.89. The van der Waals surface area contributed by atoms with Crippen LogP contribution in [0.1, 0.15) is 5.56 Å². The number of phenolic OH excluding ortho intramolecular Hbond substituents is 1. The van der Waals surface area contributed by atoms with Gasteiger partial charge in [-0.2, -0.15) is 0 Å². The highest BCUT2D eigenvalue weighted by atomic mass is 19.2. The normalized spacial score (nSPS) is 14.7. The summed E-state index contributed by atoms with van der Waals surface area (Å²) in [5, 5.41) is 21.1. The Morgan fingerprint density at radius 3 is 2.79 bits per heavy atom. The lowest BCUT2D eigenvalue weighted by atomic mass is 10.1. The predicted octanol–water partition coefficient (Wildman–Crippen LogP) is 1.88. The van der Waals surface area contributed by atoms with Gasteiger partial charge in [0.2, 0.25) is 0 Å². The summed E-state index contributed by atoms with van der Waals surface area (Å²) in [7, 11) is 2.61. The molecule has 6 nitrogen and oxygen atoms in total. The minimum atomic E-state index is -2.71. The van der Waals surface area contributed by atoms with Gasteiger partial charge in [0.05, 0.1) is 11.3 Å². The second kappa shape index (κ2) is 4.51. The Morgan fingerprint density at radius 2 is 2.21 bits per heavy atom. The summed E-state index contributed by atoms with van der Waals surface area (Å²) < 4.78 is 14.4. The number of H-pyrrole nitrogens is 1. The molecule has 1 aromatic heterocycles. The van der Waals surface area contributed by atoms with E-state index in [-0.39, 0.29) is 5.75 Å². The number of halogens is 1. The molecule has 0 amide bonds. The highest BCUT2D eigenvalue weighted by Crippen LogP contribution is 2.31. The molecule has 0 bridgehead atoms. The van der Waals surface area contributed by atoms with E-state index in [1.165, 1.54) is 26.4 Å². The molecule has 0 saturated carbocycles. The molecule has 7 heteroatoms. The van der Waals surface area contributed by atoms with Gasteiger partial charge in [0.15, 0.2) is 0 Å². The van der Waals surface area contributed by atoms with E-state index in [9.17, 15) is 19.6 Å². The molecule has 0 aliphatic carbocycles. The van der Waals surface area contributed by atoms with E-state index in [0.29, 0.717) is 16.5 Å². The minimum absolute atomic E-state index is 0.0294. The van der Waals surface area contributed by atoms with Gasteiger partial charge >= 0.3 is 5.92 Å². The van der Waals surface area contributed by atoms with E-state index in [4.69, 9.17) is 0 Å². The molecule has 1 atom stereocenters. The fourth-order valence-electron chi connectivity index (χ4n) is 2.00. The number of rotatable bonds is 4. The van der Waals surface area contributed by atoms with Gasteiger partial charge < -0.3 is 10.1 Å². The smallest absolute Gasteiger partial charge is 0.425 e. The number of aromatic amines is 1. The van der Waals surface area contributed by atoms with Gasteiger partial charge in [0.25, 0.3) is 0 Å². The third-order valence-electron chi connectivity index (χ3n) is 3.15. The van der Waals surface area contributed by atoms with Crippen LogP contribution in [-0.2, 0) is 6.42 Å². The summed E-state index contributed by atoms with van der Waals surface area (Å²) in [5.74, 6) is -2.74. The number of aromatic hydroxyl groups is 1. The van der Waals surface area contributed by atoms with Crippen molar-refractivity contribution < 1.29 is 14.4 Å². The molecule has 0 spiro atoms. The number of nitrogens with zero attached hydrogens (tertiary/aromatic N) is 2. The lowest BCUT2D eigenvalue weighted by molar-refractivity contribution is -0.636. The van der Waals surface area contributed by atoms with Gasteiger partial charge in [-0.3, -0.25) is 10.1 Å². The maximum absolute atomic E-state index is 14.4. The Hall–Kier alpha value is -2.15. The molecule has 0 aliphatic heterocycles. The molecule has 2 N–H and O–H groups in total. The molecule has 0 saturated heterocycles. The summed E-state index contributed by atoms with van der Waals surface area (Å²) in [6, 6.07) is 4.81. The largest absolute Gasteiger partial charge is 0.507 e. The zero-order valence-corrected chi connectivity index (χ0v) is 10.6. The molecular weight excluding hydrogens is 253 g/mol. The van der Waals surface area contributed by atoms with Crippen LogP contribution < -0.4 is 0 Å². The van der Waals surface area contributed by atoms with Crippen molar-refractivity contribution in [3.05, 3.63) is 40.1 Å². The Bertz CT molecular complexity index is 626. The highest BCUT2D eigenvalue weighted by Gasteiger charge is 2.46. The zero-order valence-electron chi connectivity index (χ0n) is 10.6. The van der Waals surface area contributed by atoms with Gasteiger partial charge in [-0.15, -0.1) is 4.39 Å². The number of benzene rings is 1. The minimum Gasteiger partial charge on any atom is -0.507 e. The van der Waals surface area contributed by atoms with Gasteiger partial charge in [-0.05, 0) is 31.8 Å². The fourth-order valence-corrected chi connectivity index (χ4v) is 2.00. The van der Waals surface area contributed by atoms with Crippen LogP contribution in [0.25, 0.3) is 10.9 Å². The average Bonchev–Trinajstić information content (AvgIpc) is 2.73. The number of fused-ring (bicyclic) bond motifs is 1. The van der Waals surface area contributed by atoms with E-state index in [2.05, 4.69) is 4.98 Å². The summed E-state index contributed by atoms with van der Waals surface area (Å²) in [6.07, 6.45) is 1.02. The first kappa shape index (κ1) is 13.3. The number of nitro groups is 1. The van der Waals surface area contributed by atoms with Crippen LogP contribution in [-0.4, -0.2) is 39.9 Å². The average molecular weight is 267 g/mol. The maximum atomic E-state index is 14.4. The van der Waals surface area contributed by atoms with Crippen LogP contribution in [0.5, 0.6) is 5.75 Å². The van der Waals surface area contributed by atoms with Crippen molar-refractivity contribution in [2.75, 3.05) is 14.1 Å². The van der Waals surface area contributed by atoms with Crippen molar-refractivity contribution in [2.45, 2.75) is 12.3 Å². The number of alkyl halides is 1. The van der Waals surface area contributed by atoms with Crippen LogP contribution in [0.2, 0.25) is 0 Å². The first-order valence-corrected chi connectivity index (χ1v) is 5.65. The molecule has 1 heterocycles. The molecule has 0 radical (unpaired) electrons. The predicted molar refractivity (Wildman–Crippen MR) is 68.2 cm³/mol. The van der Waals surface area contributed by atoms with E-state index in [1.807, 2.05) is 0 Å². The second-order valence-electron chi connectivity index (χ2n) is 4.56. The van der Waals surface area contributed by atoms with Crippen LogP contribution in [0, 0.1) is 10.1 Å². The third kappa shape index (κ3) is 2.12. The first-order chi connectivity index (χ1) is 8.86. The third-order valence-corrected chi connectivity index (χ3v) is 3.15. The lowest BCUT2D eigenvalue weighted by Crippen LogP contribution is -2.48. The fraction of sp³-hybridized carbons (Fsp3) is 0.333. The van der Waals surface area contributed by atoms with Crippen molar-refractivity contribution in [1.82, 2.24) is 9.88 Å². The van der Waals surface area contributed by atoms with E-state index in [1.54, 1.807) is 12.1 Å². The Labute approximate surface area is 108 Å². The van der Waals surface area contributed by atoms with Gasteiger partial charge in [0, 0.05) is 17.1 Å². The monoisotopic (exact) mass is 267 g/mol. The van der Waals surface area contributed by atoms with Crippen molar-refractivity contribution in [2.24, 2.45) is 0 Å². The first-order valence-electron chi connectivity index (χ1n) is 5.65. The van der Waals surface area contributed by atoms with E-state index < -0.39 is 17.3 Å². The molecular formula is C12H14FN3O3. The van der Waals surface area contributed by atoms with Crippen molar-refractivity contribution in [1.29, 1.82) is 0 Å². The molecule has 0 aliphatic rings. The number of hydrogen-bond acceptors (Lipinski definition) is 4. The molecule has 1 aromatic carbocycles. The van der Waals surface area contributed by atoms with Crippen molar-refractivity contribution in [3.8, 4) is 5.75 Å². The zero-order chi connectivity index (χ0) is 14.2. The second-order valence-corrected chi connectivity index (χ2v) is 4.56. The number of nitrogens with one attached hydrogen (secondary N) is 1. The number of phenols is 1. The quantitative estimate of drug-likeness (QED) is 0.383. The summed E-state index contributed by atoms with van der Waals surface area (Å²) in [4.78, 5) is 13.7. The lowest BCUT2D eigenvalue weighted by Gasteiger charge is -2.22. The molecule has 1 unspecified atom stereocenters. The summed E-state index contributed by atoms with van der Waals surface area (Å²) >= 11 is 0. The van der Waals surface area contributed by atoms with E-state index in [0.717, 1.165) is 4.90 Å². The van der Waals surface area contributed by atoms with Crippen LogP contribution >= 0.6 is 0 Å². The molecule has 0 fully saturated rings. The number of aromatic nitrogens is 1. The Morgan fingerprint density at radius 1 is 1.53 bits per heavy atom. The molecule has 19 heavy (non-hydrogen) atoms. The SMILES string of the molecule is CN(C)C(F)(Cc1c[nH]c2cccc(O)c12)[N+](=O)[O-]. The number of likely N-dealkylation sites (N-methyl/N-ethyl adjacent to an activating group) is 1. The number of hydrogen-bond donors (Lipinski definition) is 2. The van der Waals surface area contributed by atoms with Gasteiger partial charge in [-0.1, -0.05) is 6.07 Å². The van der Waals surface area contributed by atoms with Gasteiger partial charge in [-0.25, -0.2) is 4.90 Å². The van der Waals surface area contributed by atoms with Gasteiger partial charge in [0.1, 0.15) is 5.75 Å². The summed E-state index contributed by atoms with van der Waals surface area (Å²) in [5.41, 5.74) is 0.973. The van der Waals surface area contributed by atoms with Crippen LogP contribution in [0.3, 0.4) is 0 Å². The molecule has 102 valence electrons. The van der Waals surface area contributed by atoms with Crippen LogP contribution in [0.4, 0.5) is 4.39 Å². The topological polar surface area (TPSA) is 82.4 Å². The maximum Gasteiger partial charge on any atom is 0.425 e. The Kier molecular flexibility index (Phi) is 3.15. The standard InChI is InChI=1S/C12H14FN3O3/c1-15(2)12(13,16(18)19)6-8-7-14-9-4-3-5-10(17)11(8)9/h3-5,7,14,17H,6H2,1-2H3. The molecule has 2 rings (SSSR count). The molecule has 2 aromatic rings. The van der Waals surface area contributed by atoms with Crippen molar-refractivity contribution in [3.63, 3.8) is 0 Å². The summed E-state index contributed by atoms with van der Waals surface area (Å²) in [6.45, 7) is 0. The Balaban J connectivity index is 2.49. The van der Waals surface area contributed by atoms with Crippen LogP contribution in [0.15, 0.2) is 24.4 Å². The van der Waals surface area contributed by atoms with Crippen molar-refractivity contribution >= 4 is 10.9 Å².